The van der Waals surface area contributed by atoms with E-state index in [1.807, 2.05) is 24.3 Å². The van der Waals surface area contributed by atoms with Gasteiger partial charge in [-0.3, -0.25) is 9.78 Å². The maximum Gasteiger partial charge on any atom is 0.330 e. The van der Waals surface area contributed by atoms with Crippen molar-refractivity contribution in [1.29, 1.82) is 0 Å². The number of H-pyrrole nitrogens is 1. The van der Waals surface area contributed by atoms with Crippen LogP contribution < -0.4 is 11.2 Å². The Balaban J connectivity index is 2.15. The molecule has 128 valence electrons. The lowest BCUT2D eigenvalue weighted by Crippen LogP contribution is -2.50. The molecule has 6 nitrogen and oxygen atoms in total. The van der Waals surface area contributed by atoms with Crippen LogP contribution in [-0.4, -0.2) is 20.6 Å². The van der Waals surface area contributed by atoms with Gasteiger partial charge in [0.05, 0.1) is 5.39 Å². The molecule has 1 aliphatic rings. The topological polar surface area (TPSA) is 92.2 Å². The van der Waals surface area contributed by atoms with Gasteiger partial charge in [-0.2, -0.15) is 0 Å². The summed E-state index contributed by atoms with van der Waals surface area (Å²) < 4.78 is 0.807. The van der Waals surface area contributed by atoms with E-state index in [9.17, 15) is 19.5 Å². The molecule has 2 aromatic heterocycles. The Labute approximate surface area is 146 Å². The summed E-state index contributed by atoms with van der Waals surface area (Å²) in [5, 5.41) is 9.86. The molecular weight excluding hydrogens is 340 g/mol. The fraction of sp³-hybridized carbons (Fsp3) is 0.278. The van der Waals surface area contributed by atoms with Crippen molar-refractivity contribution in [3.05, 3.63) is 55.5 Å². The highest BCUT2D eigenvalue weighted by atomic mass is 32.1. The zero-order valence-electron chi connectivity index (χ0n) is 13.8. The van der Waals surface area contributed by atoms with Crippen molar-refractivity contribution in [1.82, 2.24) is 9.55 Å². The molecular formula is C18H16N2O4S. The number of benzene rings is 1. The molecule has 25 heavy (non-hydrogen) atoms. The summed E-state index contributed by atoms with van der Waals surface area (Å²) in [7, 11) is 0. The highest BCUT2D eigenvalue weighted by molar-refractivity contribution is 7.19. The van der Waals surface area contributed by atoms with Crippen molar-refractivity contribution in [3.63, 3.8) is 0 Å². The molecule has 0 amide bonds. The number of aryl methyl sites for hydroxylation is 2. The molecule has 3 aromatic rings. The van der Waals surface area contributed by atoms with E-state index in [0.717, 1.165) is 39.0 Å². The molecule has 0 aliphatic heterocycles. The summed E-state index contributed by atoms with van der Waals surface area (Å²) in [5.41, 5.74) is 0.0837. The van der Waals surface area contributed by atoms with Crippen LogP contribution in [0.5, 0.6) is 0 Å². The van der Waals surface area contributed by atoms with Crippen LogP contribution in [0.3, 0.4) is 0 Å². The van der Waals surface area contributed by atoms with Crippen LogP contribution in [0.25, 0.3) is 21.3 Å². The van der Waals surface area contributed by atoms with E-state index in [4.69, 9.17) is 0 Å². The number of carbonyl (C=O) groups is 1. The second-order valence-corrected chi connectivity index (χ2v) is 7.80. The molecule has 0 unspecified atom stereocenters. The van der Waals surface area contributed by atoms with Crippen molar-refractivity contribution in [3.8, 4) is 11.1 Å². The van der Waals surface area contributed by atoms with Gasteiger partial charge in [0.15, 0.2) is 0 Å². The summed E-state index contributed by atoms with van der Waals surface area (Å²) in [6.07, 6.45) is 1.69. The van der Waals surface area contributed by atoms with Crippen molar-refractivity contribution >= 4 is 27.5 Å². The number of aliphatic carboxylic acids is 1. The molecule has 4 rings (SSSR count). The minimum Gasteiger partial charge on any atom is -0.480 e. The number of carboxylic acids is 1. The van der Waals surface area contributed by atoms with Gasteiger partial charge in [-0.15, -0.1) is 11.3 Å². The molecule has 0 fully saturated rings. The van der Waals surface area contributed by atoms with Gasteiger partial charge < -0.3 is 5.11 Å². The van der Waals surface area contributed by atoms with E-state index >= 15 is 0 Å². The Hall–Kier alpha value is -2.67. The Bertz CT molecular complexity index is 1150. The van der Waals surface area contributed by atoms with Crippen LogP contribution in [0, 0.1) is 0 Å². The smallest absolute Gasteiger partial charge is 0.330 e. The molecule has 0 spiro atoms. The molecule has 0 saturated heterocycles. The van der Waals surface area contributed by atoms with Gasteiger partial charge in [0.1, 0.15) is 10.4 Å². The normalized spacial score (nSPS) is 13.5. The van der Waals surface area contributed by atoms with Crippen molar-refractivity contribution in [2.24, 2.45) is 0 Å². The van der Waals surface area contributed by atoms with Crippen LogP contribution in [-0.2, 0) is 23.2 Å². The summed E-state index contributed by atoms with van der Waals surface area (Å²) >= 11 is 1.40. The largest absolute Gasteiger partial charge is 0.480 e. The summed E-state index contributed by atoms with van der Waals surface area (Å²) in [6, 6.07) is 7.89. The molecule has 2 N–H and O–H groups in total. The van der Waals surface area contributed by atoms with Crippen LogP contribution in [0.4, 0.5) is 0 Å². The van der Waals surface area contributed by atoms with E-state index in [-0.39, 0.29) is 0 Å². The second-order valence-electron chi connectivity index (χ2n) is 6.70. The molecule has 0 bridgehead atoms. The Morgan fingerprint density at radius 2 is 1.96 bits per heavy atom. The van der Waals surface area contributed by atoms with Crippen LogP contribution in [0.2, 0.25) is 0 Å². The number of nitrogens with one attached hydrogen (secondary N) is 1. The first kappa shape index (κ1) is 15.8. The van der Waals surface area contributed by atoms with E-state index in [2.05, 4.69) is 4.98 Å². The SMILES string of the molecule is CC(C)(C(=O)O)n1c(=O)[nH]c2sc3c(c2c1=O)-c1ccccc1CC3. The van der Waals surface area contributed by atoms with E-state index in [1.165, 1.54) is 25.2 Å². The molecule has 1 aromatic carbocycles. The van der Waals surface area contributed by atoms with Crippen LogP contribution >= 0.6 is 11.3 Å². The van der Waals surface area contributed by atoms with Gasteiger partial charge in [0.25, 0.3) is 5.56 Å². The van der Waals surface area contributed by atoms with E-state index < -0.39 is 22.8 Å². The first-order valence-corrected chi connectivity index (χ1v) is 8.77. The first-order valence-electron chi connectivity index (χ1n) is 7.95. The van der Waals surface area contributed by atoms with Crippen molar-refractivity contribution < 1.29 is 9.90 Å². The lowest BCUT2D eigenvalue weighted by Gasteiger charge is -2.21. The average Bonchev–Trinajstić information content (AvgIpc) is 2.93. The van der Waals surface area contributed by atoms with Crippen LogP contribution in [0.15, 0.2) is 33.9 Å². The number of aromatic nitrogens is 2. The van der Waals surface area contributed by atoms with Crippen molar-refractivity contribution in [2.45, 2.75) is 32.2 Å². The highest BCUT2D eigenvalue weighted by Crippen LogP contribution is 2.41. The van der Waals surface area contributed by atoms with Crippen molar-refractivity contribution in [2.75, 3.05) is 0 Å². The van der Waals surface area contributed by atoms with Crippen LogP contribution in [0.1, 0.15) is 24.3 Å². The molecule has 0 atom stereocenters. The van der Waals surface area contributed by atoms with E-state index in [0.29, 0.717) is 10.2 Å². The number of rotatable bonds is 2. The number of fused-ring (bicyclic) bond motifs is 5. The third-order valence-corrected chi connectivity index (χ3v) is 5.98. The maximum atomic E-state index is 13.1. The van der Waals surface area contributed by atoms with Gasteiger partial charge in [-0.25, -0.2) is 14.2 Å². The summed E-state index contributed by atoms with van der Waals surface area (Å²) in [6.45, 7) is 2.70. The third kappa shape index (κ3) is 2.12. The monoisotopic (exact) mass is 356 g/mol. The number of thiophene rings is 1. The summed E-state index contributed by atoms with van der Waals surface area (Å²) in [5.74, 6) is -1.23. The quantitative estimate of drug-likeness (QED) is 0.737. The zero-order valence-corrected chi connectivity index (χ0v) is 14.6. The third-order valence-electron chi connectivity index (χ3n) is 4.81. The molecule has 1 aliphatic carbocycles. The van der Waals surface area contributed by atoms with Gasteiger partial charge >= 0.3 is 11.7 Å². The fourth-order valence-electron chi connectivity index (χ4n) is 3.42. The number of hydrogen-bond acceptors (Lipinski definition) is 4. The average molecular weight is 356 g/mol. The lowest BCUT2D eigenvalue weighted by molar-refractivity contribution is -0.146. The zero-order chi connectivity index (χ0) is 17.9. The standard InChI is InChI=1S/C18H16N2O4S/c1-18(2,16(22)23)20-15(21)13-12-10-6-4-3-5-9(10)7-8-11(12)25-14(13)19-17(20)24/h3-6H,7-8H2,1-2H3,(H,19,24)(H,22,23). The first-order chi connectivity index (χ1) is 11.8. The summed E-state index contributed by atoms with van der Waals surface area (Å²) in [4.78, 5) is 41.4. The highest BCUT2D eigenvalue weighted by Gasteiger charge is 2.34. The van der Waals surface area contributed by atoms with E-state index in [1.54, 1.807) is 0 Å². The van der Waals surface area contributed by atoms with Gasteiger partial charge in [0, 0.05) is 10.4 Å². The second kappa shape index (κ2) is 5.16. The maximum absolute atomic E-state index is 13.1. The molecule has 0 saturated carbocycles. The number of nitrogens with zero attached hydrogens (tertiary/aromatic N) is 1. The number of aromatic amines is 1. The molecule has 0 radical (unpaired) electrons. The Morgan fingerprint density at radius 1 is 1.24 bits per heavy atom. The fourth-order valence-corrected chi connectivity index (χ4v) is 4.62. The predicted octanol–water partition coefficient (Wildman–Crippen LogP) is 2.34. The molecule has 2 heterocycles. The predicted molar refractivity (Wildman–Crippen MR) is 96.5 cm³/mol. The van der Waals surface area contributed by atoms with Gasteiger partial charge in [0.2, 0.25) is 0 Å². The lowest BCUT2D eigenvalue weighted by atomic mass is 9.89. The number of carboxylic acid groups (broad SMARTS) is 1. The molecule has 7 heteroatoms. The Morgan fingerprint density at radius 3 is 2.68 bits per heavy atom. The Kier molecular flexibility index (Phi) is 3.27. The minimum absolute atomic E-state index is 0.404. The van der Waals surface area contributed by atoms with Gasteiger partial charge in [-0.1, -0.05) is 24.3 Å². The van der Waals surface area contributed by atoms with Gasteiger partial charge in [-0.05, 0) is 37.8 Å². The minimum atomic E-state index is -1.64. The number of hydrogen-bond donors (Lipinski definition) is 2.